The lowest BCUT2D eigenvalue weighted by Gasteiger charge is -2.32. The Labute approximate surface area is 103 Å². The summed E-state index contributed by atoms with van der Waals surface area (Å²) in [5, 5.41) is 15.6. The van der Waals surface area contributed by atoms with Crippen molar-refractivity contribution >= 4 is 5.78 Å². The van der Waals surface area contributed by atoms with Crippen molar-refractivity contribution in [1.29, 1.82) is 10.5 Å². The summed E-state index contributed by atoms with van der Waals surface area (Å²) in [6.07, 6.45) is 3.97. The monoisotopic (exact) mass is 232 g/mol. The van der Waals surface area contributed by atoms with Crippen molar-refractivity contribution < 1.29 is 4.79 Å². The molecule has 2 aliphatic carbocycles. The largest absolute Gasteiger partial charge is 0.299 e. The Morgan fingerprint density at radius 2 is 1.76 bits per heavy atom. The van der Waals surface area contributed by atoms with Crippen LogP contribution in [0.15, 0.2) is 0 Å². The van der Waals surface area contributed by atoms with E-state index in [9.17, 15) is 4.79 Å². The number of carbonyl (C=O) groups excluding carboxylic acids is 1. The van der Waals surface area contributed by atoms with Crippen LogP contribution in [-0.4, -0.2) is 5.78 Å². The van der Waals surface area contributed by atoms with Gasteiger partial charge in [0.05, 0.1) is 12.1 Å². The molecular formula is C14H20N2O. The standard InChI is InChI=1S/C10H16O.C4H4N2/c1-9(2)7-4-5-10(9,3)8(11)6-7;5-3-1-2-4-6/h7H,4-6H2,1-3H3;1-2H2. The number of hydrogen-bond acceptors (Lipinski definition) is 3. The fourth-order valence-electron chi connectivity index (χ4n) is 3.01. The molecule has 3 heteroatoms. The van der Waals surface area contributed by atoms with Crippen LogP contribution in [0, 0.1) is 39.4 Å². The first-order valence-electron chi connectivity index (χ1n) is 6.17. The summed E-state index contributed by atoms with van der Waals surface area (Å²) < 4.78 is 0. The normalized spacial score (nSPS) is 32.3. The zero-order valence-corrected chi connectivity index (χ0v) is 10.9. The number of hydrogen-bond donors (Lipinski definition) is 0. The Balaban J connectivity index is 0.000000209. The van der Waals surface area contributed by atoms with Crippen molar-refractivity contribution in [2.45, 2.75) is 52.9 Å². The summed E-state index contributed by atoms with van der Waals surface area (Å²) in [4.78, 5) is 11.6. The molecule has 0 heterocycles. The predicted octanol–water partition coefficient (Wildman–Crippen LogP) is 3.22. The topological polar surface area (TPSA) is 64.7 Å². The molecule has 0 radical (unpaired) electrons. The van der Waals surface area contributed by atoms with Gasteiger partial charge in [-0.2, -0.15) is 10.5 Å². The average molecular weight is 232 g/mol. The second-order valence-corrected chi connectivity index (χ2v) is 5.73. The van der Waals surface area contributed by atoms with Crippen LogP contribution in [0.1, 0.15) is 52.9 Å². The van der Waals surface area contributed by atoms with E-state index in [0.29, 0.717) is 24.5 Å². The molecule has 0 spiro atoms. The van der Waals surface area contributed by atoms with Gasteiger partial charge in [0.2, 0.25) is 0 Å². The Hall–Kier alpha value is -1.35. The van der Waals surface area contributed by atoms with Crippen LogP contribution in [0.3, 0.4) is 0 Å². The molecule has 0 amide bonds. The molecule has 2 bridgehead atoms. The van der Waals surface area contributed by atoms with Gasteiger partial charge in [-0.05, 0) is 24.2 Å². The maximum atomic E-state index is 11.6. The van der Waals surface area contributed by atoms with Crippen LogP contribution in [0.25, 0.3) is 0 Å². The minimum Gasteiger partial charge on any atom is -0.299 e. The van der Waals surface area contributed by atoms with Gasteiger partial charge in [-0.3, -0.25) is 4.79 Å². The first-order chi connectivity index (χ1) is 7.90. The maximum absolute atomic E-state index is 11.6. The summed E-state index contributed by atoms with van der Waals surface area (Å²) in [6, 6.07) is 3.69. The van der Waals surface area contributed by atoms with Gasteiger partial charge in [-0.15, -0.1) is 0 Å². The highest BCUT2D eigenvalue weighted by molar-refractivity contribution is 5.89. The van der Waals surface area contributed by atoms with Crippen molar-refractivity contribution in [3.63, 3.8) is 0 Å². The predicted molar refractivity (Wildman–Crippen MR) is 64.7 cm³/mol. The molecule has 0 saturated heterocycles. The van der Waals surface area contributed by atoms with Crippen molar-refractivity contribution in [2.24, 2.45) is 16.7 Å². The Morgan fingerprint density at radius 1 is 1.24 bits per heavy atom. The lowest BCUT2D eigenvalue weighted by molar-refractivity contribution is -0.128. The first kappa shape index (κ1) is 13.7. The number of nitriles is 2. The minimum absolute atomic E-state index is 0.0255. The smallest absolute Gasteiger partial charge is 0.139 e. The second-order valence-electron chi connectivity index (χ2n) is 5.73. The fourth-order valence-corrected chi connectivity index (χ4v) is 3.01. The Kier molecular flexibility index (Phi) is 3.94. The molecule has 2 aliphatic rings. The molecule has 17 heavy (non-hydrogen) atoms. The van der Waals surface area contributed by atoms with Crippen LogP contribution in [0.2, 0.25) is 0 Å². The van der Waals surface area contributed by atoms with Gasteiger partial charge in [0.1, 0.15) is 5.78 Å². The highest BCUT2D eigenvalue weighted by atomic mass is 16.1. The lowest BCUT2D eigenvalue weighted by atomic mass is 9.70. The molecule has 2 fully saturated rings. The summed E-state index contributed by atoms with van der Waals surface area (Å²) >= 11 is 0. The van der Waals surface area contributed by atoms with Gasteiger partial charge in [0, 0.05) is 24.7 Å². The van der Waals surface area contributed by atoms with Crippen LogP contribution < -0.4 is 0 Å². The third-order valence-electron chi connectivity index (χ3n) is 4.83. The van der Waals surface area contributed by atoms with Crippen molar-refractivity contribution in [3.05, 3.63) is 0 Å². The van der Waals surface area contributed by atoms with E-state index in [0.717, 1.165) is 12.8 Å². The lowest BCUT2D eigenvalue weighted by Crippen LogP contribution is -2.32. The zero-order valence-electron chi connectivity index (χ0n) is 10.9. The summed E-state index contributed by atoms with van der Waals surface area (Å²) in [5.41, 5.74) is 0.307. The highest BCUT2D eigenvalue weighted by Gasteiger charge is 2.61. The van der Waals surface area contributed by atoms with Gasteiger partial charge in [0.15, 0.2) is 0 Å². The van der Waals surface area contributed by atoms with E-state index < -0.39 is 0 Å². The number of ketones is 1. The molecule has 0 aromatic rings. The number of Topliss-reactive ketones (excluding diaryl/α,β-unsaturated/α-hetero) is 1. The van der Waals surface area contributed by atoms with Gasteiger partial charge in [0.25, 0.3) is 0 Å². The summed E-state index contributed by atoms with van der Waals surface area (Å²) in [7, 11) is 0. The SMILES string of the molecule is CC12CCC(CC1=O)C2(C)C.N#CCCC#N. The fraction of sp³-hybridized carbons (Fsp3) is 0.786. The molecule has 2 unspecified atom stereocenters. The van der Waals surface area contributed by atoms with Crippen LogP contribution >= 0.6 is 0 Å². The number of fused-ring (bicyclic) bond motifs is 2. The van der Waals surface area contributed by atoms with E-state index >= 15 is 0 Å². The molecule has 0 N–H and O–H groups in total. The quantitative estimate of drug-likeness (QED) is 0.652. The maximum Gasteiger partial charge on any atom is 0.139 e. The molecular weight excluding hydrogens is 212 g/mol. The number of unbranched alkanes of at least 4 members (excludes halogenated alkanes) is 1. The van der Waals surface area contributed by atoms with E-state index in [4.69, 9.17) is 10.5 Å². The van der Waals surface area contributed by atoms with Gasteiger partial charge in [-0.1, -0.05) is 20.8 Å². The molecule has 2 atom stereocenters. The van der Waals surface area contributed by atoms with E-state index in [1.807, 2.05) is 12.1 Å². The van der Waals surface area contributed by atoms with Crippen molar-refractivity contribution in [1.82, 2.24) is 0 Å². The van der Waals surface area contributed by atoms with E-state index in [1.54, 1.807) is 0 Å². The van der Waals surface area contributed by atoms with Crippen molar-refractivity contribution in [2.75, 3.05) is 0 Å². The first-order valence-corrected chi connectivity index (χ1v) is 6.17. The number of nitrogens with zero attached hydrogens (tertiary/aromatic N) is 2. The molecule has 2 rings (SSSR count). The molecule has 0 aliphatic heterocycles. The number of carbonyl (C=O) groups is 1. The van der Waals surface area contributed by atoms with Gasteiger partial charge >= 0.3 is 0 Å². The molecule has 92 valence electrons. The van der Waals surface area contributed by atoms with Crippen molar-refractivity contribution in [3.8, 4) is 12.1 Å². The Morgan fingerprint density at radius 3 is 1.94 bits per heavy atom. The van der Waals surface area contributed by atoms with E-state index in [1.165, 1.54) is 6.42 Å². The minimum atomic E-state index is 0.0255. The van der Waals surface area contributed by atoms with Crippen LogP contribution in [0.5, 0.6) is 0 Å². The van der Waals surface area contributed by atoms with E-state index in [-0.39, 0.29) is 10.8 Å². The summed E-state index contributed by atoms with van der Waals surface area (Å²) in [6.45, 7) is 6.67. The zero-order chi connectivity index (χ0) is 13.1. The number of rotatable bonds is 1. The van der Waals surface area contributed by atoms with E-state index in [2.05, 4.69) is 20.8 Å². The highest BCUT2D eigenvalue weighted by Crippen LogP contribution is 2.63. The van der Waals surface area contributed by atoms with Gasteiger partial charge in [-0.25, -0.2) is 0 Å². The molecule has 0 aromatic heterocycles. The molecule has 0 aromatic carbocycles. The Bertz CT molecular complexity index is 372. The van der Waals surface area contributed by atoms with Gasteiger partial charge < -0.3 is 0 Å². The average Bonchev–Trinajstić information content (AvgIpc) is 2.60. The second kappa shape index (κ2) is 4.88. The third-order valence-corrected chi connectivity index (χ3v) is 4.83. The third kappa shape index (κ3) is 2.20. The van der Waals surface area contributed by atoms with Crippen LogP contribution in [-0.2, 0) is 4.79 Å². The summed E-state index contributed by atoms with van der Waals surface area (Å²) in [5.74, 6) is 1.19. The molecule has 3 nitrogen and oxygen atoms in total. The van der Waals surface area contributed by atoms with Crippen LogP contribution in [0.4, 0.5) is 0 Å². The molecule has 2 saturated carbocycles.